The molecule has 0 bridgehead atoms. The Morgan fingerprint density at radius 1 is 1.04 bits per heavy atom. The third kappa shape index (κ3) is 3.94. The number of amides is 1. The fourth-order valence-electron chi connectivity index (χ4n) is 2.96. The molecule has 3 aromatic rings. The van der Waals surface area contributed by atoms with Gasteiger partial charge in [-0.1, -0.05) is 31.2 Å². The van der Waals surface area contributed by atoms with Gasteiger partial charge in [0.1, 0.15) is 11.5 Å². The molecule has 0 spiro atoms. The van der Waals surface area contributed by atoms with Crippen molar-refractivity contribution in [2.75, 3.05) is 6.54 Å². The van der Waals surface area contributed by atoms with Gasteiger partial charge in [0.05, 0.1) is 6.04 Å². The van der Waals surface area contributed by atoms with Crippen LogP contribution in [0, 0.1) is 5.82 Å². The second-order valence-electron chi connectivity index (χ2n) is 5.95. The molecular formula is C21H20FN3O. The van der Waals surface area contributed by atoms with E-state index in [0.29, 0.717) is 12.2 Å². The zero-order valence-electron chi connectivity index (χ0n) is 14.5. The first-order valence-corrected chi connectivity index (χ1v) is 8.58. The Bertz CT molecular complexity index is 838. The molecule has 1 amide bonds. The van der Waals surface area contributed by atoms with Crippen molar-refractivity contribution in [3.05, 3.63) is 95.8 Å². The Kier molecular flexibility index (Phi) is 5.69. The van der Waals surface area contributed by atoms with Crippen molar-refractivity contribution in [3.63, 3.8) is 0 Å². The lowest BCUT2D eigenvalue weighted by atomic mass is 9.97. The lowest BCUT2D eigenvalue weighted by Gasteiger charge is -2.32. The van der Waals surface area contributed by atoms with Crippen molar-refractivity contribution in [1.82, 2.24) is 14.9 Å². The van der Waals surface area contributed by atoms with Gasteiger partial charge >= 0.3 is 0 Å². The summed E-state index contributed by atoms with van der Waals surface area (Å²) < 4.78 is 13.4. The van der Waals surface area contributed by atoms with Gasteiger partial charge < -0.3 is 4.90 Å². The Morgan fingerprint density at radius 3 is 2.46 bits per heavy atom. The number of pyridine rings is 2. The number of halogens is 1. The number of nitrogens with zero attached hydrogens (tertiary/aromatic N) is 3. The highest BCUT2D eigenvalue weighted by Gasteiger charge is 2.28. The minimum absolute atomic E-state index is 0.161. The molecule has 0 radical (unpaired) electrons. The zero-order chi connectivity index (χ0) is 18.4. The molecular weight excluding hydrogens is 329 g/mol. The number of hydrogen-bond donors (Lipinski definition) is 0. The van der Waals surface area contributed by atoms with Crippen LogP contribution in [0.4, 0.5) is 4.39 Å². The fourth-order valence-corrected chi connectivity index (χ4v) is 2.96. The molecule has 0 unspecified atom stereocenters. The SMILES string of the molecule is CCCN(C(=O)c1ccccn1)[C@H](c1ccc(F)cc1)c1cccnc1. The van der Waals surface area contributed by atoms with Crippen LogP contribution in [0.25, 0.3) is 0 Å². The van der Waals surface area contributed by atoms with Crippen molar-refractivity contribution in [1.29, 1.82) is 0 Å². The van der Waals surface area contributed by atoms with E-state index in [0.717, 1.165) is 17.5 Å². The van der Waals surface area contributed by atoms with Gasteiger partial charge in [-0.2, -0.15) is 0 Å². The lowest BCUT2D eigenvalue weighted by Crippen LogP contribution is -2.36. The first-order valence-electron chi connectivity index (χ1n) is 8.58. The van der Waals surface area contributed by atoms with E-state index in [-0.39, 0.29) is 17.8 Å². The molecule has 5 heteroatoms. The van der Waals surface area contributed by atoms with Gasteiger partial charge in [-0.25, -0.2) is 4.39 Å². The topological polar surface area (TPSA) is 46.1 Å². The van der Waals surface area contributed by atoms with E-state index in [4.69, 9.17) is 0 Å². The Hall–Kier alpha value is -3.08. The second kappa shape index (κ2) is 8.34. The van der Waals surface area contributed by atoms with E-state index >= 15 is 0 Å². The van der Waals surface area contributed by atoms with Gasteiger partial charge in [-0.3, -0.25) is 14.8 Å². The highest BCUT2D eigenvalue weighted by atomic mass is 19.1. The summed E-state index contributed by atoms with van der Waals surface area (Å²) >= 11 is 0. The van der Waals surface area contributed by atoms with E-state index in [1.165, 1.54) is 12.1 Å². The highest BCUT2D eigenvalue weighted by molar-refractivity contribution is 5.92. The zero-order valence-corrected chi connectivity index (χ0v) is 14.5. The van der Waals surface area contributed by atoms with Gasteiger partial charge in [0.2, 0.25) is 0 Å². The molecule has 2 heterocycles. The molecule has 3 rings (SSSR count). The van der Waals surface area contributed by atoms with Crippen LogP contribution in [0.5, 0.6) is 0 Å². The molecule has 26 heavy (non-hydrogen) atoms. The largest absolute Gasteiger partial charge is 0.326 e. The van der Waals surface area contributed by atoms with Crippen molar-refractivity contribution in [2.45, 2.75) is 19.4 Å². The number of rotatable bonds is 6. The first kappa shape index (κ1) is 17.7. The van der Waals surface area contributed by atoms with E-state index in [1.54, 1.807) is 53.8 Å². The summed E-state index contributed by atoms with van der Waals surface area (Å²) in [4.78, 5) is 23.3. The fraction of sp³-hybridized carbons (Fsp3) is 0.190. The molecule has 1 atom stereocenters. The van der Waals surface area contributed by atoms with Gasteiger partial charge in [-0.05, 0) is 47.9 Å². The molecule has 1 aromatic carbocycles. The van der Waals surface area contributed by atoms with Crippen LogP contribution in [0.3, 0.4) is 0 Å². The van der Waals surface area contributed by atoms with Crippen LogP contribution in [0.1, 0.15) is 41.0 Å². The maximum atomic E-state index is 13.4. The minimum atomic E-state index is -0.362. The molecule has 0 aliphatic heterocycles. The molecule has 2 aromatic heterocycles. The monoisotopic (exact) mass is 349 g/mol. The third-order valence-electron chi connectivity index (χ3n) is 4.11. The maximum Gasteiger partial charge on any atom is 0.273 e. The quantitative estimate of drug-likeness (QED) is 0.668. The maximum absolute atomic E-state index is 13.4. The number of benzene rings is 1. The molecule has 0 saturated heterocycles. The third-order valence-corrected chi connectivity index (χ3v) is 4.11. The molecule has 132 valence electrons. The van der Waals surface area contributed by atoms with Crippen molar-refractivity contribution < 1.29 is 9.18 Å². The average Bonchev–Trinajstić information content (AvgIpc) is 2.70. The summed E-state index contributed by atoms with van der Waals surface area (Å²) in [7, 11) is 0. The summed E-state index contributed by atoms with van der Waals surface area (Å²) in [5.41, 5.74) is 2.09. The van der Waals surface area contributed by atoms with Gasteiger partial charge in [0, 0.05) is 25.1 Å². The number of carbonyl (C=O) groups excluding carboxylic acids is 1. The average molecular weight is 349 g/mol. The first-order chi connectivity index (χ1) is 12.7. The Labute approximate surface area is 152 Å². The van der Waals surface area contributed by atoms with Crippen LogP contribution >= 0.6 is 0 Å². The summed E-state index contributed by atoms with van der Waals surface area (Å²) in [6.45, 7) is 2.57. The highest BCUT2D eigenvalue weighted by Crippen LogP contribution is 2.29. The van der Waals surface area contributed by atoms with Crippen LogP contribution in [0.15, 0.2) is 73.2 Å². The summed E-state index contributed by atoms with van der Waals surface area (Å²) in [5.74, 6) is -0.470. The van der Waals surface area contributed by atoms with Crippen molar-refractivity contribution in [3.8, 4) is 0 Å². The van der Waals surface area contributed by atoms with Gasteiger partial charge in [0.25, 0.3) is 5.91 Å². The van der Waals surface area contributed by atoms with Gasteiger partial charge in [0.15, 0.2) is 0 Å². The number of hydrogen-bond acceptors (Lipinski definition) is 3. The molecule has 0 N–H and O–H groups in total. The van der Waals surface area contributed by atoms with E-state index in [2.05, 4.69) is 9.97 Å². The summed E-state index contributed by atoms with van der Waals surface area (Å²) in [6, 6.07) is 14.9. The smallest absolute Gasteiger partial charge is 0.273 e. The van der Waals surface area contributed by atoms with Crippen molar-refractivity contribution in [2.24, 2.45) is 0 Å². The molecule has 0 aliphatic rings. The second-order valence-corrected chi connectivity index (χ2v) is 5.95. The normalized spacial score (nSPS) is 11.8. The van der Waals surface area contributed by atoms with Crippen LogP contribution in [0.2, 0.25) is 0 Å². The van der Waals surface area contributed by atoms with Crippen molar-refractivity contribution >= 4 is 5.91 Å². The molecule has 0 aliphatic carbocycles. The Morgan fingerprint density at radius 2 is 1.85 bits per heavy atom. The predicted octanol–water partition coefficient (Wildman–Crippen LogP) is 4.26. The van der Waals surface area contributed by atoms with E-state index in [1.807, 2.05) is 19.1 Å². The van der Waals surface area contributed by atoms with Crippen LogP contribution in [-0.2, 0) is 0 Å². The summed E-state index contributed by atoms with van der Waals surface area (Å²) in [6.07, 6.45) is 5.82. The summed E-state index contributed by atoms with van der Waals surface area (Å²) in [5, 5.41) is 0. The van der Waals surface area contributed by atoms with Crippen LogP contribution in [-0.4, -0.2) is 27.3 Å². The van der Waals surface area contributed by atoms with Crippen LogP contribution < -0.4 is 0 Å². The lowest BCUT2D eigenvalue weighted by molar-refractivity contribution is 0.0700. The molecule has 4 nitrogen and oxygen atoms in total. The predicted molar refractivity (Wildman–Crippen MR) is 98.0 cm³/mol. The minimum Gasteiger partial charge on any atom is -0.326 e. The molecule has 0 fully saturated rings. The number of carbonyl (C=O) groups is 1. The van der Waals surface area contributed by atoms with E-state index in [9.17, 15) is 9.18 Å². The Balaban J connectivity index is 2.07. The number of aromatic nitrogens is 2. The molecule has 0 saturated carbocycles. The van der Waals surface area contributed by atoms with Gasteiger partial charge in [-0.15, -0.1) is 0 Å². The standard InChI is InChI=1S/C21H20FN3O/c1-2-14-25(21(26)19-7-3-4-13-24-19)20(17-6-5-12-23-15-17)16-8-10-18(22)11-9-16/h3-13,15,20H,2,14H2,1H3/t20-/m1/s1. The van der Waals surface area contributed by atoms with E-state index < -0.39 is 0 Å².